The Morgan fingerprint density at radius 2 is 1.57 bits per heavy atom. The van der Waals surface area contributed by atoms with E-state index in [1.165, 1.54) is 12.1 Å². The van der Waals surface area contributed by atoms with E-state index in [0.29, 0.717) is 11.5 Å². The number of carboxylic acids is 1. The van der Waals surface area contributed by atoms with Crippen LogP contribution < -0.4 is 4.74 Å². The molecule has 2 N–H and O–H groups in total. The summed E-state index contributed by atoms with van der Waals surface area (Å²) in [5.74, 6) is 0.406. The van der Waals surface area contributed by atoms with Crippen LogP contribution in [-0.4, -0.2) is 16.2 Å². The topological polar surface area (TPSA) is 66.8 Å². The minimum Gasteiger partial charge on any atom is -0.508 e. The SMILES string of the molecule is CC(C)(C)c1cc(Oc2ccc(C(=O)O)cc2)ccc1O. The van der Waals surface area contributed by atoms with E-state index in [1.807, 2.05) is 20.8 Å². The van der Waals surface area contributed by atoms with E-state index in [2.05, 4.69) is 0 Å². The van der Waals surface area contributed by atoms with Gasteiger partial charge in [-0.2, -0.15) is 0 Å². The van der Waals surface area contributed by atoms with Crippen molar-refractivity contribution in [2.24, 2.45) is 0 Å². The average Bonchev–Trinajstić information content (AvgIpc) is 2.40. The third kappa shape index (κ3) is 3.54. The second-order valence-electron chi connectivity index (χ2n) is 5.86. The van der Waals surface area contributed by atoms with Crippen molar-refractivity contribution >= 4 is 5.97 Å². The minimum absolute atomic E-state index is 0.198. The zero-order valence-electron chi connectivity index (χ0n) is 12.3. The summed E-state index contributed by atoms with van der Waals surface area (Å²) in [4.78, 5) is 10.8. The van der Waals surface area contributed by atoms with E-state index in [1.54, 1.807) is 30.3 Å². The molecule has 0 aliphatic heterocycles. The van der Waals surface area contributed by atoms with Crippen molar-refractivity contribution in [2.45, 2.75) is 26.2 Å². The lowest BCUT2D eigenvalue weighted by Gasteiger charge is -2.21. The maximum Gasteiger partial charge on any atom is 0.335 e. The molecule has 0 aromatic heterocycles. The van der Waals surface area contributed by atoms with Crippen LogP contribution in [0.25, 0.3) is 0 Å². The van der Waals surface area contributed by atoms with Crippen LogP contribution in [0.5, 0.6) is 17.2 Å². The zero-order valence-corrected chi connectivity index (χ0v) is 12.3. The largest absolute Gasteiger partial charge is 0.508 e. The van der Waals surface area contributed by atoms with Crippen molar-refractivity contribution in [1.29, 1.82) is 0 Å². The Morgan fingerprint density at radius 3 is 2.10 bits per heavy atom. The zero-order chi connectivity index (χ0) is 15.6. The van der Waals surface area contributed by atoms with Crippen LogP contribution >= 0.6 is 0 Å². The molecule has 0 saturated carbocycles. The number of carbonyl (C=O) groups is 1. The molecule has 0 spiro atoms. The molecular weight excluding hydrogens is 268 g/mol. The van der Waals surface area contributed by atoms with E-state index in [0.717, 1.165) is 5.56 Å². The Kier molecular flexibility index (Phi) is 3.89. The number of aromatic carboxylic acids is 1. The molecule has 21 heavy (non-hydrogen) atoms. The second kappa shape index (κ2) is 5.48. The van der Waals surface area contributed by atoms with Crippen LogP contribution in [-0.2, 0) is 5.41 Å². The normalized spacial score (nSPS) is 11.2. The average molecular weight is 286 g/mol. The van der Waals surface area contributed by atoms with Gasteiger partial charge in [-0.05, 0) is 47.9 Å². The van der Waals surface area contributed by atoms with Gasteiger partial charge < -0.3 is 14.9 Å². The van der Waals surface area contributed by atoms with Gasteiger partial charge >= 0.3 is 5.97 Å². The Balaban J connectivity index is 2.26. The number of aromatic hydroxyl groups is 1. The lowest BCUT2D eigenvalue weighted by atomic mass is 9.86. The fourth-order valence-corrected chi connectivity index (χ4v) is 1.98. The van der Waals surface area contributed by atoms with Crippen LogP contribution in [0, 0.1) is 0 Å². The lowest BCUT2D eigenvalue weighted by molar-refractivity contribution is 0.0697. The first-order chi connectivity index (χ1) is 9.77. The minimum atomic E-state index is -0.971. The number of hydrogen-bond donors (Lipinski definition) is 2. The summed E-state index contributed by atoms with van der Waals surface area (Å²) < 4.78 is 5.70. The fraction of sp³-hybridized carbons (Fsp3) is 0.235. The molecule has 4 nitrogen and oxygen atoms in total. The molecule has 0 radical (unpaired) electrons. The summed E-state index contributed by atoms with van der Waals surface area (Å²) in [5.41, 5.74) is 0.807. The highest BCUT2D eigenvalue weighted by atomic mass is 16.5. The van der Waals surface area contributed by atoms with E-state index < -0.39 is 5.97 Å². The fourth-order valence-electron chi connectivity index (χ4n) is 1.98. The van der Waals surface area contributed by atoms with Crippen molar-refractivity contribution < 1.29 is 19.7 Å². The monoisotopic (exact) mass is 286 g/mol. The Labute approximate surface area is 123 Å². The Bertz CT molecular complexity index is 651. The molecule has 0 atom stereocenters. The Hall–Kier alpha value is -2.49. The highest BCUT2D eigenvalue weighted by Gasteiger charge is 2.18. The van der Waals surface area contributed by atoms with E-state index >= 15 is 0 Å². The molecule has 0 aliphatic rings. The van der Waals surface area contributed by atoms with Gasteiger partial charge in [-0.1, -0.05) is 20.8 Å². The summed E-state index contributed by atoms with van der Waals surface area (Å²) in [6, 6.07) is 11.3. The molecule has 0 unspecified atom stereocenters. The van der Waals surface area contributed by atoms with Gasteiger partial charge in [-0.25, -0.2) is 4.79 Å². The molecule has 0 bridgehead atoms. The van der Waals surface area contributed by atoms with Gasteiger partial charge in [-0.3, -0.25) is 0 Å². The van der Waals surface area contributed by atoms with Gasteiger partial charge in [0.1, 0.15) is 17.2 Å². The summed E-state index contributed by atoms with van der Waals surface area (Å²) in [6.07, 6.45) is 0. The summed E-state index contributed by atoms with van der Waals surface area (Å²) >= 11 is 0. The summed E-state index contributed by atoms with van der Waals surface area (Å²) in [7, 11) is 0. The first-order valence-corrected chi connectivity index (χ1v) is 6.62. The first kappa shape index (κ1) is 14.9. The van der Waals surface area contributed by atoms with Gasteiger partial charge in [0.25, 0.3) is 0 Å². The molecule has 2 rings (SSSR count). The standard InChI is InChI=1S/C17H18O4/c1-17(2,3)14-10-13(8-9-15(14)18)21-12-6-4-11(5-7-12)16(19)20/h4-10,18H,1-3H3,(H,19,20). The highest BCUT2D eigenvalue weighted by molar-refractivity contribution is 5.87. The van der Waals surface area contributed by atoms with E-state index in [9.17, 15) is 9.90 Å². The molecular formula is C17H18O4. The van der Waals surface area contributed by atoms with Crippen LogP contribution in [0.3, 0.4) is 0 Å². The molecule has 4 heteroatoms. The first-order valence-electron chi connectivity index (χ1n) is 6.62. The van der Waals surface area contributed by atoms with Crippen molar-refractivity contribution in [3.63, 3.8) is 0 Å². The van der Waals surface area contributed by atoms with Crippen LogP contribution in [0.15, 0.2) is 42.5 Å². The van der Waals surface area contributed by atoms with Gasteiger partial charge in [-0.15, -0.1) is 0 Å². The van der Waals surface area contributed by atoms with Gasteiger partial charge in [0.05, 0.1) is 5.56 Å². The maximum absolute atomic E-state index is 10.8. The highest BCUT2D eigenvalue weighted by Crippen LogP contribution is 2.34. The second-order valence-corrected chi connectivity index (χ2v) is 5.86. The van der Waals surface area contributed by atoms with Crippen LogP contribution in [0.1, 0.15) is 36.7 Å². The molecule has 0 fully saturated rings. The predicted octanol–water partition coefficient (Wildman–Crippen LogP) is 4.18. The Morgan fingerprint density at radius 1 is 1.00 bits per heavy atom. The third-order valence-corrected chi connectivity index (χ3v) is 3.11. The number of benzene rings is 2. The molecule has 0 saturated heterocycles. The van der Waals surface area contributed by atoms with Crippen LogP contribution in [0.2, 0.25) is 0 Å². The molecule has 2 aromatic carbocycles. The number of rotatable bonds is 3. The lowest BCUT2D eigenvalue weighted by Crippen LogP contribution is -2.11. The van der Waals surface area contributed by atoms with Crippen LogP contribution in [0.4, 0.5) is 0 Å². The quantitative estimate of drug-likeness (QED) is 0.888. The predicted molar refractivity (Wildman–Crippen MR) is 80.3 cm³/mol. The van der Waals surface area contributed by atoms with Gasteiger partial charge in [0, 0.05) is 5.56 Å². The van der Waals surface area contributed by atoms with Gasteiger partial charge in [0.2, 0.25) is 0 Å². The van der Waals surface area contributed by atoms with E-state index in [4.69, 9.17) is 9.84 Å². The third-order valence-electron chi connectivity index (χ3n) is 3.11. The molecule has 0 amide bonds. The number of phenolic OH excluding ortho intramolecular Hbond substituents is 1. The molecule has 0 heterocycles. The molecule has 0 aliphatic carbocycles. The van der Waals surface area contributed by atoms with Crippen molar-refractivity contribution in [2.75, 3.05) is 0 Å². The van der Waals surface area contributed by atoms with Crippen molar-refractivity contribution in [3.8, 4) is 17.2 Å². The number of carboxylic acid groups (broad SMARTS) is 1. The smallest absolute Gasteiger partial charge is 0.335 e. The van der Waals surface area contributed by atoms with Gasteiger partial charge in [0.15, 0.2) is 0 Å². The number of phenols is 1. The van der Waals surface area contributed by atoms with Crippen molar-refractivity contribution in [3.05, 3.63) is 53.6 Å². The number of ether oxygens (including phenoxy) is 1. The summed E-state index contributed by atoms with van der Waals surface area (Å²) in [6.45, 7) is 6.02. The molecule has 2 aromatic rings. The van der Waals surface area contributed by atoms with Crippen molar-refractivity contribution in [1.82, 2.24) is 0 Å². The maximum atomic E-state index is 10.8. The molecule has 110 valence electrons. The summed E-state index contributed by atoms with van der Waals surface area (Å²) in [5, 5.41) is 18.8. The van der Waals surface area contributed by atoms with E-state index in [-0.39, 0.29) is 16.7 Å². The number of hydrogen-bond acceptors (Lipinski definition) is 3.